The van der Waals surface area contributed by atoms with Crippen LogP contribution in [0, 0.1) is 0 Å². The summed E-state index contributed by atoms with van der Waals surface area (Å²) in [4.78, 5) is 11.9. The second-order valence-corrected chi connectivity index (χ2v) is 5.13. The van der Waals surface area contributed by atoms with E-state index in [1.807, 2.05) is 19.1 Å². The fraction of sp³-hybridized carbons (Fsp3) is 0.533. The van der Waals surface area contributed by atoms with Gasteiger partial charge in [0, 0.05) is 6.04 Å². The number of phenols is 1. The van der Waals surface area contributed by atoms with E-state index in [2.05, 4.69) is 5.32 Å². The van der Waals surface area contributed by atoms with Gasteiger partial charge in [0.1, 0.15) is 5.75 Å². The maximum Gasteiger partial charge on any atom is 0.237 e. The highest BCUT2D eigenvalue weighted by Crippen LogP contribution is 2.17. The minimum atomic E-state index is -0.492. The molecule has 1 aromatic carbocycles. The van der Waals surface area contributed by atoms with Crippen molar-refractivity contribution in [3.63, 3.8) is 0 Å². The monoisotopic (exact) mass is 279 g/mol. The molecule has 0 spiro atoms. The van der Waals surface area contributed by atoms with E-state index in [0.717, 1.165) is 18.4 Å². The number of amides is 1. The largest absolute Gasteiger partial charge is 0.508 e. The molecular weight excluding hydrogens is 254 g/mol. The van der Waals surface area contributed by atoms with Gasteiger partial charge >= 0.3 is 0 Å². The second kappa shape index (κ2) is 8.55. The molecule has 0 heterocycles. The standard InChI is InChI=1S/C15H25N3O2/c1-11(10-12-6-2-3-8-14(12)19)18-15(20)13(17)7-4-5-9-16/h2-3,6,8,11,13,19H,4-5,7,9-10,16-17H2,1H3,(H,18,20). The number of benzene rings is 1. The molecule has 0 fully saturated rings. The van der Waals surface area contributed by atoms with Gasteiger partial charge in [0.05, 0.1) is 6.04 Å². The van der Waals surface area contributed by atoms with Crippen LogP contribution in [-0.2, 0) is 11.2 Å². The number of rotatable bonds is 8. The number of carbonyl (C=O) groups excluding carboxylic acids is 1. The first-order chi connectivity index (χ1) is 9.54. The predicted octanol–water partition coefficient (Wildman–Crippen LogP) is 0.896. The summed E-state index contributed by atoms with van der Waals surface area (Å²) in [5, 5.41) is 12.6. The highest BCUT2D eigenvalue weighted by Gasteiger charge is 2.16. The molecule has 6 N–H and O–H groups in total. The van der Waals surface area contributed by atoms with E-state index in [4.69, 9.17) is 11.5 Å². The minimum Gasteiger partial charge on any atom is -0.508 e. The van der Waals surface area contributed by atoms with Crippen LogP contribution >= 0.6 is 0 Å². The number of para-hydroxylation sites is 1. The highest BCUT2D eigenvalue weighted by molar-refractivity contribution is 5.81. The van der Waals surface area contributed by atoms with Crippen LogP contribution < -0.4 is 16.8 Å². The molecule has 2 unspecified atom stereocenters. The van der Waals surface area contributed by atoms with Crippen molar-refractivity contribution in [1.29, 1.82) is 0 Å². The van der Waals surface area contributed by atoms with Crippen LogP contribution in [0.1, 0.15) is 31.7 Å². The predicted molar refractivity (Wildman–Crippen MR) is 80.3 cm³/mol. The molecule has 0 aliphatic heterocycles. The Kier molecular flexibility index (Phi) is 7.04. The summed E-state index contributed by atoms with van der Waals surface area (Å²) < 4.78 is 0. The maximum absolute atomic E-state index is 11.9. The lowest BCUT2D eigenvalue weighted by atomic mass is 10.0. The third kappa shape index (κ3) is 5.59. The van der Waals surface area contributed by atoms with Crippen LogP contribution in [0.3, 0.4) is 0 Å². The van der Waals surface area contributed by atoms with Crippen LogP contribution in [0.15, 0.2) is 24.3 Å². The van der Waals surface area contributed by atoms with Gasteiger partial charge in [-0.2, -0.15) is 0 Å². The number of nitrogens with one attached hydrogen (secondary N) is 1. The number of carbonyl (C=O) groups is 1. The number of phenolic OH excluding ortho intramolecular Hbond substituents is 1. The summed E-state index contributed by atoms with van der Waals surface area (Å²) in [6.07, 6.45) is 2.97. The van der Waals surface area contributed by atoms with Gasteiger partial charge in [-0.25, -0.2) is 0 Å². The van der Waals surface area contributed by atoms with Crippen molar-refractivity contribution in [2.75, 3.05) is 6.54 Å². The minimum absolute atomic E-state index is 0.0728. The average Bonchev–Trinajstić information content (AvgIpc) is 2.41. The van der Waals surface area contributed by atoms with E-state index in [1.165, 1.54) is 0 Å². The van der Waals surface area contributed by atoms with E-state index < -0.39 is 6.04 Å². The second-order valence-electron chi connectivity index (χ2n) is 5.13. The number of hydrogen-bond donors (Lipinski definition) is 4. The Morgan fingerprint density at radius 3 is 2.70 bits per heavy atom. The quantitative estimate of drug-likeness (QED) is 0.531. The summed E-state index contributed by atoms with van der Waals surface area (Å²) in [5.74, 6) is 0.103. The highest BCUT2D eigenvalue weighted by atomic mass is 16.3. The fourth-order valence-corrected chi connectivity index (χ4v) is 2.05. The fourth-order valence-electron chi connectivity index (χ4n) is 2.05. The van der Waals surface area contributed by atoms with Crippen molar-refractivity contribution in [2.24, 2.45) is 11.5 Å². The van der Waals surface area contributed by atoms with E-state index in [9.17, 15) is 9.90 Å². The smallest absolute Gasteiger partial charge is 0.237 e. The molecule has 1 amide bonds. The van der Waals surface area contributed by atoms with Gasteiger partial charge in [-0.3, -0.25) is 4.79 Å². The van der Waals surface area contributed by atoms with Crippen LogP contribution in [-0.4, -0.2) is 29.6 Å². The van der Waals surface area contributed by atoms with Gasteiger partial charge in [-0.15, -0.1) is 0 Å². The Morgan fingerprint density at radius 2 is 2.05 bits per heavy atom. The van der Waals surface area contributed by atoms with Crippen molar-refractivity contribution < 1.29 is 9.90 Å². The van der Waals surface area contributed by atoms with Gasteiger partial charge < -0.3 is 21.9 Å². The lowest BCUT2D eigenvalue weighted by Gasteiger charge is -2.18. The molecule has 0 radical (unpaired) electrons. The molecule has 5 nitrogen and oxygen atoms in total. The molecule has 0 aliphatic rings. The Bertz CT molecular complexity index is 423. The van der Waals surface area contributed by atoms with E-state index in [0.29, 0.717) is 19.4 Å². The zero-order valence-electron chi connectivity index (χ0n) is 12.0. The van der Waals surface area contributed by atoms with E-state index in [1.54, 1.807) is 12.1 Å². The summed E-state index contributed by atoms with van der Waals surface area (Å²) in [6, 6.07) is 6.56. The molecule has 112 valence electrons. The maximum atomic E-state index is 11.9. The van der Waals surface area contributed by atoms with Crippen LogP contribution in [0.25, 0.3) is 0 Å². The summed E-state index contributed by atoms with van der Waals surface area (Å²) in [7, 11) is 0. The molecule has 1 aromatic rings. The molecule has 0 aliphatic carbocycles. The first-order valence-corrected chi connectivity index (χ1v) is 7.07. The molecule has 0 aromatic heterocycles. The number of unbranched alkanes of at least 4 members (excludes halogenated alkanes) is 1. The zero-order valence-corrected chi connectivity index (χ0v) is 12.0. The Labute approximate surface area is 120 Å². The summed E-state index contributed by atoms with van der Waals surface area (Å²) >= 11 is 0. The normalized spacial score (nSPS) is 13.8. The molecule has 0 bridgehead atoms. The third-order valence-electron chi connectivity index (χ3n) is 3.21. The van der Waals surface area contributed by atoms with Gasteiger partial charge in [0.15, 0.2) is 0 Å². The van der Waals surface area contributed by atoms with Crippen molar-refractivity contribution in [3.8, 4) is 5.75 Å². The van der Waals surface area contributed by atoms with E-state index in [-0.39, 0.29) is 17.7 Å². The molecular formula is C15H25N3O2. The topological polar surface area (TPSA) is 101 Å². The number of aromatic hydroxyl groups is 1. The summed E-state index contributed by atoms with van der Waals surface area (Å²) in [6.45, 7) is 2.52. The Balaban J connectivity index is 2.39. The third-order valence-corrected chi connectivity index (χ3v) is 3.21. The number of nitrogens with two attached hydrogens (primary N) is 2. The molecule has 1 rings (SSSR count). The molecule has 0 saturated carbocycles. The Hall–Kier alpha value is -1.59. The molecule has 2 atom stereocenters. The average molecular weight is 279 g/mol. The molecule has 0 saturated heterocycles. The van der Waals surface area contributed by atoms with Crippen molar-refractivity contribution in [1.82, 2.24) is 5.32 Å². The van der Waals surface area contributed by atoms with Crippen LogP contribution in [0.2, 0.25) is 0 Å². The van der Waals surface area contributed by atoms with Gasteiger partial charge in [0.2, 0.25) is 5.91 Å². The van der Waals surface area contributed by atoms with Crippen LogP contribution in [0.5, 0.6) is 5.75 Å². The van der Waals surface area contributed by atoms with Crippen molar-refractivity contribution in [3.05, 3.63) is 29.8 Å². The SMILES string of the molecule is CC(Cc1ccccc1O)NC(=O)C(N)CCCCN. The lowest BCUT2D eigenvalue weighted by Crippen LogP contribution is -2.45. The number of hydrogen-bond acceptors (Lipinski definition) is 4. The van der Waals surface area contributed by atoms with Crippen LogP contribution in [0.4, 0.5) is 0 Å². The van der Waals surface area contributed by atoms with Crippen molar-refractivity contribution >= 4 is 5.91 Å². The van der Waals surface area contributed by atoms with Crippen molar-refractivity contribution in [2.45, 2.75) is 44.7 Å². The van der Waals surface area contributed by atoms with Gasteiger partial charge in [-0.05, 0) is 44.4 Å². The Morgan fingerprint density at radius 1 is 1.35 bits per heavy atom. The first-order valence-electron chi connectivity index (χ1n) is 7.07. The lowest BCUT2D eigenvalue weighted by molar-refractivity contribution is -0.123. The zero-order chi connectivity index (χ0) is 15.0. The van der Waals surface area contributed by atoms with Gasteiger partial charge in [-0.1, -0.05) is 24.6 Å². The summed E-state index contributed by atoms with van der Waals surface area (Å²) in [5.41, 5.74) is 12.1. The van der Waals surface area contributed by atoms with Gasteiger partial charge in [0.25, 0.3) is 0 Å². The van der Waals surface area contributed by atoms with E-state index >= 15 is 0 Å². The molecule has 20 heavy (non-hydrogen) atoms. The molecule has 5 heteroatoms. The first kappa shape index (κ1) is 16.5.